The number of ether oxygens (including phenoxy) is 2. The number of aromatic nitrogens is 2. The zero-order valence-corrected chi connectivity index (χ0v) is 19.3. The molecular weight excluding hydrogens is 471 g/mol. The van der Waals surface area contributed by atoms with Crippen molar-refractivity contribution in [3.63, 3.8) is 0 Å². The van der Waals surface area contributed by atoms with Gasteiger partial charge in [0, 0.05) is 26.3 Å². The van der Waals surface area contributed by atoms with E-state index in [0.717, 1.165) is 11.3 Å². The molecule has 1 heterocycles. The average Bonchev–Trinajstić information content (AvgIpc) is 2.71. The van der Waals surface area contributed by atoms with Crippen LogP contribution in [0, 0.1) is 0 Å². The van der Waals surface area contributed by atoms with E-state index in [1.165, 1.54) is 23.8 Å². The van der Waals surface area contributed by atoms with Gasteiger partial charge in [0.2, 0.25) is 0 Å². The number of unbranched alkanes of at least 4 members (excludes halogenated alkanes) is 1. The molecule has 9 nitrogen and oxygen atoms in total. The lowest BCUT2D eigenvalue weighted by molar-refractivity contribution is -0.120. The molecule has 1 aromatic carbocycles. The molecule has 0 unspecified atom stereocenters. The molecular formula is C19H23Cl3N4O5. The Morgan fingerprint density at radius 1 is 1.19 bits per heavy atom. The first-order valence-electron chi connectivity index (χ1n) is 9.40. The van der Waals surface area contributed by atoms with Gasteiger partial charge >= 0.3 is 5.69 Å². The van der Waals surface area contributed by atoms with Crippen molar-refractivity contribution in [2.75, 3.05) is 37.5 Å². The first kappa shape index (κ1) is 25.1. The average molecular weight is 494 g/mol. The number of H-pyrrole nitrogens is 1. The third-order valence-corrected chi connectivity index (χ3v) is 5.38. The van der Waals surface area contributed by atoms with Crippen LogP contribution in [0.1, 0.15) is 19.8 Å². The summed E-state index contributed by atoms with van der Waals surface area (Å²) in [6.45, 7) is 1.90. The Labute approximate surface area is 193 Å². The number of aromatic amines is 1. The van der Waals surface area contributed by atoms with Crippen molar-refractivity contribution in [2.24, 2.45) is 0 Å². The van der Waals surface area contributed by atoms with E-state index in [2.05, 4.69) is 4.98 Å². The fraction of sp³-hybridized carbons (Fsp3) is 0.421. The molecule has 0 radical (unpaired) electrons. The van der Waals surface area contributed by atoms with Crippen LogP contribution in [0.15, 0.2) is 21.7 Å². The maximum Gasteiger partial charge on any atom is 0.330 e. The van der Waals surface area contributed by atoms with Gasteiger partial charge in [-0.15, -0.1) is 0 Å². The van der Waals surface area contributed by atoms with Gasteiger partial charge in [0.25, 0.3) is 11.5 Å². The third kappa shape index (κ3) is 6.16. The van der Waals surface area contributed by atoms with Gasteiger partial charge in [-0.05, 0) is 12.5 Å². The van der Waals surface area contributed by atoms with Gasteiger partial charge in [0.05, 0.1) is 21.7 Å². The van der Waals surface area contributed by atoms with Crippen LogP contribution >= 0.6 is 34.8 Å². The second kappa shape index (κ2) is 11.4. The first-order valence-corrected chi connectivity index (χ1v) is 10.5. The lowest BCUT2D eigenvalue weighted by Crippen LogP contribution is -2.44. The molecule has 0 spiro atoms. The van der Waals surface area contributed by atoms with Crippen molar-refractivity contribution in [3.05, 3.63) is 48.0 Å². The number of halogens is 3. The maximum atomic E-state index is 12.9. The number of amides is 1. The molecule has 0 fully saturated rings. The SMILES string of the molecule is CCCCn1c(N)c(N(CCOC)C(=O)COc2cc(Cl)c(Cl)cc2Cl)c(=O)[nH]c1=O. The molecule has 0 saturated carbocycles. The smallest absolute Gasteiger partial charge is 0.330 e. The highest BCUT2D eigenvalue weighted by Crippen LogP contribution is 2.33. The predicted molar refractivity (Wildman–Crippen MR) is 122 cm³/mol. The van der Waals surface area contributed by atoms with Gasteiger partial charge in [0.1, 0.15) is 11.6 Å². The number of hydrogen-bond acceptors (Lipinski definition) is 6. The summed E-state index contributed by atoms with van der Waals surface area (Å²) < 4.78 is 11.8. The monoisotopic (exact) mass is 492 g/mol. The number of rotatable bonds is 10. The van der Waals surface area contributed by atoms with Crippen molar-refractivity contribution in [3.8, 4) is 5.75 Å². The molecule has 2 aromatic rings. The number of carbonyl (C=O) groups is 1. The molecule has 1 aromatic heterocycles. The molecule has 170 valence electrons. The molecule has 0 aliphatic rings. The van der Waals surface area contributed by atoms with E-state index < -0.39 is 23.8 Å². The van der Waals surface area contributed by atoms with Crippen LogP contribution in [0.3, 0.4) is 0 Å². The summed E-state index contributed by atoms with van der Waals surface area (Å²) >= 11 is 17.9. The minimum atomic E-state index is -0.785. The summed E-state index contributed by atoms with van der Waals surface area (Å²) in [5, 5.41) is 0.602. The molecule has 0 bridgehead atoms. The standard InChI is InChI=1S/C19H23Cl3N4O5/c1-3-4-5-26-17(23)16(18(28)24-19(26)29)25(6-7-30-2)15(27)10-31-14-9-12(21)11(20)8-13(14)22/h8-9H,3-7,10,23H2,1-2H3,(H,24,28,29). The van der Waals surface area contributed by atoms with E-state index in [1.807, 2.05) is 6.92 Å². The van der Waals surface area contributed by atoms with E-state index in [-0.39, 0.29) is 45.5 Å². The summed E-state index contributed by atoms with van der Waals surface area (Å²) in [4.78, 5) is 41.0. The number of nitrogens with zero attached hydrogens (tertiary/aromatic N) is 2. The number of nitrogens with two attached hydrogens (primary N) is 1. The molecule has 2 rings (SSSR count). The second-order valence-corrected chi connectivity index (χ2v) is 7.74. The van der Waals surface area contributed by atoms with Crippen molar-refractivity contribution >= 4 is 52.2 Å². The Morgan fingerprint density at radius 3 is 2.52 bits per heavy atom. The fourth-order valence-corrected chi connectivity index (χ4v) is 3.34. The molecule has 0 saturated heterocycles. The summed E-state index contributed by atoms with van der Waals surface area (Å²) in [5.41, 5.74) is 4.54. The van der Waals surface area contributed by atoms with E-state index in [4.69, 9.17) is 50.0 Å². The van der Waals surface area contributed by atoms with Gasteiger partial charge in [-0.2, -0.15) is 0 Å². The van der Waals surface area contributed by atoms with Crippen molar-refractivity contribution < 1.29 is 14.3 Å². The largest absolute Gasteiger partial charge is 0.482 e. The van der Waals surface area contributed by atoms with Crippen molar-refractivity contribution in [1.29, 1.82) is 0 Å². The van der Waals surface area contributed by atoms with Crippen molar-refractivity contribution in [2.45, 2.75) is 26.3 Å². The van der Waals surface area contributed by atoms with Crippen LogP contribution in [-0.4, -0.2) is 42.3 Å². The van der Waals surface area contributed by atoms with Gasteiger partial charge < -0.3 is 15.2 Å². The highest BCUT2D eigenvalue weighted by molar-refractivity contribution is 6.43. The Balaban J connectivity index is 2.37. The summed E-state index contributed by atoms with van der Waals surface area (Å²) in [6, 6.07) is 2.77. The summed E-state index contributed by atoms with van der Waals surface area (Å²) in [5.74, 6) is -0.567. The van der Waals surface area contributed by atoms with Crippen LogP contribution in [0.2, 0.25) is 15.1 Å². The number of benzene rings is 1. The lowest BCUT2D eigenvalue weighted by atomic mass is 10.3. The molecule has 3 N–H and O–H groups in total. The molecule has 1 amide bonds. The number of anilines is 2. The van der Waals surface area contributed by atoms with Gasteiger partial charge in [-0.3, -0.25) is 24.0 Å². The Morgan fingerprint density at radius 2 is 1.87 bits per heavy atom. The number of nitrogens with one attached hydrogen (secondary N) is 1. The van der Waals surface area contributed by atoms with Crippen LogP contribution < -0.4 is 26.6 Å². The minimum Gasteiger partial charge on any atom is -0.482 e. The van der Waals surface area contributed by atoms with Crippen LogP contribution in [0.5, 0.6) is 5.75 Å². The topological polar surface area (TPSA) is 120 Å². The van der Waals surface area contributed by atoms with E-state index >= 15 is 0 Å². The van der Waals surface area contributed by atoms with Gasteiger partial charge in [0.15, 0.2) is 12.3 Å². The second-order valence-electron chi connectivity index (χ2n) is 6.52. The Kier molecular flexibility index (Phi) is 9.24. The highest BCUT2D eigenvalue weighted by atomic mass is 35.5. The maximum absolute atomic E-state index is 12.9. The third-order valence-electron chi connectivity index (χ3n) is 4.37. The number of nitrogen functional groups attached to an aromatic ring is 1. The zero-order valence-electron chi connectivity index (χ0n) is 17.0. The lowest BCUT2D eigenvalue weighted by Gasteiger charge is -2.24. The number of carbonyl (C=O) groups excluding carboxylic acids is 1. The zero-order chi connectivity index (χ0) is 23.1. The van der Waals surface area contributed by atoms with Crippen molar-refractivity contribution in [1.82, 2.24) is 9.55 Å². The Hall–Kier alpha value is -2.20. The minimum absolute atomic E-state index is 0.00701. The molecule has 31 heavy (non-hydrogen) atoms. The molecule has 0 atom stereocenters. The van der Waals surface area contributed by atoms with Crippen LogP contribution in [0.4, 0.5) is 11.5 Å². The first-order chi connectivity index (χ1) is 14.7. The van der Waals surface area contributed by atoms with E-state index in [1.54, 1.807) is 0 Å². The Bertz CT molecular complexity index is 1050. The van der Waals surface area contributed by atoms with Gasteiger partial charge in [-0.1, -0.05) is 48.1 Å². The number of methoxy groups -OCH3 is 1. The normalized spacial score (nSPS) is 10.9. The van der Waals surface area contributed by atoms with Gasteiger partial charge in [-0.25, -0.2) is 4.79 Å². The summed E-state index contributed by atoms with van der Waals surface area (Å²) in [6.07, 6.45) is 1.48. The fourth-order valence-electron chi connectivity index (χ4n) is 2.75. The molecule has 12 heteroatoms. The molecule has 0 aliphatic heterocycles. The van der Waals surface area contributed by atoms with Crippen LogP contribution in [-0.2, 0) is 16.1 Å². The van der Waals surface area contributed by atoms with E-state index in [9.17, 15) is 14.4 Å². The highest BCUT2D eigenvalue weighted by Gasteiger charge is 2.25. The van der Waals surface area contributed by atoms with E-state index in [0.29, 0.717) is 13.0 Å². The molecule has 0 aliphatic carbocycles. The van der Waals surface area contributed by atoms with Crippen LogP contribution in [0.25, 0.3) is 0 Å². The predicted octanol–water partition coefficient (Wildman–Crippen LogP) is 2.94. The number of hydrogen-bond donors (Lipinski definition) is 2. The quantitative estimate of drug-likeness (QED) is 0.491. The summed E-state index contributed by atoms with van der Waals surface area (Å²) in [7, 11) is 1.45.